The Morgan fingerprint density at radius 3 is 2.59 bits per heavy atom. The number of aromatic nitrogens is 2. The predicted octanol–water partition coefficient (Wildman–Crippen LogP) is 4.71. The Morgan fingerprint density at radius 1 is 1.11 bits per heavy atom. The molecular weight excluding hydrogens is 355 g/mol. The van der Waals surface area contributed by atoms with Gasteiger partial charge in [0, 0.05) is 13.1 Å². The molecule has 0 N–H and O–H groups in total. The highest BCUT2D eigenvalue weighted by Crippen LogP contribution is 2.32. The van der Waals surface area contributed by atoms with Gasteiger partial charge in [0.1, 0.15) is 11.6 Å². The Kier molecular flexibility index (Phi) is 4.88. The fourth-order valence-electron chi connectivity index (χ4n) is 3.63. The highest BCUT2D eigenvalue weighted by atomic mass is 19.3. The van der Waals surface area contributed by atoms with Crippen molar-refractivity contribution in [1.29, 1.82) is 0 Å². The molecule has 0 unspecified atom stereocenters. The Hall–Kier alpha value is -2.38. The van der Waals surface area contributed by atoms with Gasteiger partial charge in [-0.15, -0.1) is 0 Å². The summed E-state index contributed by atoms with van der Waals surface area (Å²) in [5, 5.41) is 0. The molecule has 3 aromatic rings. The van der Waals surface area contributed by atoms with Crippen molar-refractivity contribution < 1.29 is 17.9 Å². The van der Waals surface area contributed by atoms with Gasteiger partial charge >= 0.3 is 6.55 Å². The monoisotopic (exact) mass is 375 g/mol. The smallest absolute Gasteiger partial charge is 0.320 e. The number of para-hydroxylation sites is 2. The zero-order valence-corrected chi connectivity index (χ0v) is 14.9. The number of ether oxygens (including phenoxy) is 1. The van der Waals surface area contributed by atoms with Crippen molar-refractivity contribution in [2.24, 2.45) is 0 Å². The van der Waals surface area contributed by atoms with Gasteiger partial charge in [-0.05, 0) is 36.8 Å². The molecule has 2 atom stereocenters. The number of halogens is 3. The van der Waals surface area contributed by atoms with E-state index in [4.69, 9.17) is 4.74 Å². The molecular formula is C20H20F3N3O. The first-order chi connectivity index (χ1) is 13.0. The van der Waals surface area contributed by atoms with Crippen LogP contribution in [-0.4, -0.2) is 34.1 Å². The molecule has 0 aliphatic carbocycles. The topological polar surface area (TPSA) is 30.3 Å². The fraction of sp³-hybridized carbons (Fsp3) is 0.350. The quantitative estimate of drug-likeness (QED) is 0.662. The standard InChI is InChI=1S/C20H20F3N3O/c1-13(19-24-16-4-2-3-5-17(16)26(19)20(22)23)25-10-11-27-18(12-25)14-6-8-15(21)9-7-14/h2-9,13,18,20H,10-12H2,1H3/t13-,18+/m0/s1. The fourth-order valence-corrected chi connectivity index (χ4v) is 3.63. The van der Waals surface area contributed by atoms with Crippen LogP contribution in [-0.2, 0) is 4.74 Å². The maximum absolute atomic E-state index is 13.7. The number of nitrogens with zero attached hydrogens (tertiary/aromatic N) is 3. The minimum Gasteiger partial charge on any atom is -0.371 e. The third kappa shape index (κ3) is 3.44. The number of imidazole rings is 1. The van der Waals surface area contributed by atoms with E-state index in [1.54, 1.807) is 36.4 Å². The summed E-state index contributed by atoms with van der Waals surface area (Å²) in [5.41, 5.74) is 1.86. The van der Waals surface area contributed by atoms with Crippen LogP contribution in [0.2, 0.25) is 0 Å². The van der Waals surface area contributed by atoms with Gasteiger partial charge in [0.2, 0.25) is 0 Å². The molecule has 0 spiro atoms. The van der Waals surface area contributed by atoms with Crippen molar-refractivity contribution in [2.45, 2.75) is 25.6 Å². The molecule has 27 heavy (non-hydrogen) atoms. The van der Waals surface area contributed by atoms with E-state index in [9.17, 15) is 13.2 Å². The lowest BCUT2D eigenvalue weighted by Crippen LogP contribution is -2.40. The molecule has 1 aliphatic rings. The first-order valence-electron chi connectivity index (χ1n) is 8.90. The number of benzene rings is 2. The van der Waals surface area contributed by atoms with E-state index >= 15 is 0 Å². The second kappa shape index (κ2) is 7.32. The Labute approximate surface area is 155 Å². The third-order valence-electron chi connectivity index (χ3n) is 5.08. The minimum absolute atomic E-state index is 0.230. The summed E-state index contributed by atoms with van der Waals surface area (Å²) in [4.78, 5) is 6.55. The lowest BCUT2D eigenvalue weighted by molar-refractivity contribution is -0.0461. The summed E-state index contributed by atoms with van der Waals surface area (Å²) in [6.07, 6.45) is -0.230. The second-order valence-corrected chi connectivity index (χ2v) is 6.69. The van der Waals surface area contributed by atoms with Gasteiger partial charge in [-0.3, -0.25) is 9.47 Å². The van der Waals surface area contributed by atoms with E-state index in [-0.39, 0.29) is 18.0 Å². The SMILES string of the molecule is C[C@@H](c1nc2ccccc2n1C(F)F)N1CCO[C@@H](c2ccc(F)cc2)C1. The van der Waals surface area contributed by atoms with E-state index in [2.05, 4.69) is 9.88 Å². The van der Waals surface area contributed by atoms with Crippen LogP contribution in [0.4, 0.5) is 13.2 Å². The van der Waals surface area contributed by atoms with Crippen molar-refractivity contribution >= 4 is 11.0 Å². The summed E-state index contributed by atoms with van der Waals surface area (Å²) in [5.74, 6) is 0.0383. The summed E-state index contributed by atoms with van der Waals surface area (Å²) in [7, 11) is 0. The average Bonchev–Trinajstić information content (AvgIpc) is 3.08. The van der Waals surface area contributed by atoms with Crippen molar-refractivity contribution in [1.82, 2.24) is 14.5 Å². The molecule has 0 bridgehead atoms. The highest BCUT2D eigenvalue weighted by molar-refractivity contribution is 5.76. The van der Waals surface area contributed by atoms with Gasteiger partial charge < -0.3 is 4.74 Å². The summed E-state index contributed by atoms with van der Waals surface area (Å²) >= 11 is 0. The van der Waals surface area contributed by atoms with Crippen LogP contribution in [0.15, 0.2) is 48.5 Å². The highest BCUT2D eigenvalue weighted by Gasteiger charge is 2.30. The Bertz CT molecular complexity index is 926. The van der Waals surface area contributed by atoms with E-state index in [0.29, 0.717) is 36.6 Å². The Balaban J connectivity index is 1.62. The van der Waals surface area contributed by atoms with Gasteiger partial charge in [-0.2, -0.15) is 8.78 Å². The maximum atomic E-state index is 13.7. The van der Waals surface area contributed by atoms with Crippen molar-refractivity contribution in [3.8, 4) is 0 Å². The number of rotatable bonds is 4. The van der Waals surface area contributed by atoms with E-state index in [0.717, 1.165) is 10.1 Å². The average molecular weight is 375 g/mol. The van der Waals surface area contributed by atoms with Crippen LogP contribution in [0.3, 0.4) is 0 Å². The van der Waals surface area contributed by atoms with Crippen LogP contribution in [0, 0.1) is 5.82 Å². The first kappa shape index (κ1) is 18.0. The summed E-state index contributed by atoms with van der Waals surface area (Å²) in [6, 6.07) is 12.8. The third-order valence-corrected chi connectivity index (χ3v) is 5.08. The van der Waals surface area contributed by atoms with Crippen LogP contribution in [0.25, 0.3) is 11.0 Å². The number of hydrogen-bond donors (Lipinski definition) is 0. The van der Waals surface area contributed by atoms with Gasteiger partial charge in [-0.25, -0.2) is 9.37 Å². The van der Waals surface area contributed by atoms with Crippen molar-refractivity contribution in [3.63, 3.8) is 0 Å². The summed E-state index contributed by atoms with van der Waals surface area (Å²) in [6.45, 7) is 0.836. The van der Waals surface area contributed by atoms with Crippen molar-refractivity contribution in [3.05, 3.63) is 65.7 Å². The molecule has 2 aromatic carbocycles. The minimum atomic E-state index is -2.66. The summed E-state index contributed by atoms with van der Waals surface area (Å²) < 4.78 is 47.5. The molecule has 2 heterocycles. The zero-order chi connectivity index (χ0) is 19.0. The number of morpholine rings is 1. The van der Waals surface area contributed by atoms with E-state index in [1.807, 2.05) is 6.92 Å². The van der Waals surface area contributed by atoms with Gasteiger partial charge in [-0.1, -0.05) is 24.3 Å². The molecule has 7 heteroatoms. The van der Waals surface area contributed by atoms with Gasteiger partial charge in [0.05, 0.1) is 29.8 Å². The number of fused-ring (bicyclic) bond motifs is 1. The normalized spacial score (nSPS) is 19.7. The van der Waals surface area contributed by atoms with Gasteiger partial charge in [0.15, 0.2) is 0 Å². The van der Waals surface area contributed by atoms with E-state index in [1.165, 1.54) is 12.1 Å². The number of hydrogen-bond acceptors (Lipinski definition) is 3. The molecule has 0 saturated carbocycles. The maximum Gasteiger partial charge on any atom is 0.320 e. The lowest BCUT2D eigenvalue weighted by Gasteiger charge is -2.36. The number of alkyl halides is 2. The Morgan fingerprint density at radius 2 is 1.85 bits per heavy atom. The van der Waals surface area contributed by atoms with Crippen LogP contribution in [0.1, 0.15) is 37.0 Å². The molecule has 4 rings (SSSR count). The molecule has 0 radical (unpaired) electrons. The van der Waals surface area contributed by atoms with E-state index < -0.39 is 6.55 Å². The lowest BCUT2D eigenvalue weighted by atomic mass is 10.1. The van der Waals surface area contributed by atoms with Crippen LogP contribution in [0.5, 0.6) is 0 Å². The molecule has 1 aromatic heterocycles. The molecule has 1 aliphatic heterocycles. The van der Waals surface area contributed by atoms with Crippen LogP contribution >= 0.6 is 0 Å². The molecule has 0 amide bonds. The molecule has 142 valence electrons. The van der Waals surface area contributed by atoms with Crippen LogP contribution < -0.4 is 0 Å². The largest absolute Gasteiger partial charge is 0.371 e. The molecule has 1 fully saturated rings. The second-order valence-electron chi connectivity index (χ2n) is 6.69. The first-order valence-corrected chi connectivity index (χ1v) is 8.90. The predicted molar refractivity (Wildman–Crippen MR) is 96.1 cm³/mol. The molecule has 1 saturated heterocycles. The zero-order valence-electron chi connectivity index (χ0n) is 14.9. The van der Waals surface area contributed by atoms with Crippen molar-refractivity contribution in [2.75, 3.05) is 19.7 Å². The molecule has 4 nitrogen and oxygen atoms in total. The van der Waals surface area contributed by atoms with Gasteiger partial charge in [0.25, 0.3) is 0 Å².